The average Bonchev–Trinajstić information content (AvgIpc) is 3.14. The van der Waals surface area contributed by atoms with E-state index in [4.69, 9.17) is 0 Å². The van der Waals surface area contributed by atoms with Crippen molar-refractivity contribution >= 4 is 11.9 Å². The van der Waals surface area contributed by atoms with Gasteiger partial charge >= 0.3 is 5.97 Å². The second-order valence-corrected chi connectivity index (χ2v) is 5.99. The van der Waals surface area contributed by atoms with Crippen molar-refractivity contribution in [2.45, 2.75) is 57.5 Å². The first-order valence-corrected chi connectivity index (χ1v) is 7.49. The zero-order valence-electron chi connectivity index (χ0n) is 12.6. The summed E-state index contributed by atoms with van der Waals surface area (Å²) >= 11 is 0. The van der Waals surface area contributed by atoms with E-state index in [0.29, 0.717) is 0 Å². The maximum absolute atomic E-state index is 12.3. The lowest BCUT2D eigenvalue weighted by atomic mass is 9.95. The maximum atomic E-state index is 12.3. The predicted molar refractivity (Wildman–Crippen MR) is 77.7 cm³/mol. The molecule has 0 bridgehead atoms. The molecule has 21 heavy (non-hydrogen) atoms. The number of rotatable bonds is 8. The van der Waals surface area contributed by atoms with E-state index in [-0.39, 0.29) is 24.3 Å². The number of nitrogens with one attached hydrogen (secondary N) is 1. The molecule has 0 spiro atoms. The molecule has 2 unspecified atom stereocenters. The van der Waals surface area contributed by atoms with Gasteiger partial charge < -0.3 is 15.0 Å². The van der Waals surface area contributed by atoms with Gasteiger partial charge in [0.05, 0.1) is 6.33 Å². The highest BCUT2D eigenvalue weighted by atomic mass is 16.4. The standard InChI is InChI=1S/C15H23N3O3/c1-3-4-12(18-8-7-16-10-18)9-13(19)17-15(2,14(20)21)11-5-6-11/h7-8,10-12H,3-6,9H2,1-2H3,(H,17,19)(H,20,21). The fourth-order valence-corrected chi connectivity index (χ4v) is 2.72. The third-order valence-electron chi connectivity index (χ3n) is 4.23. The molecular weight excluding hydrogens is 270 g/mol. The van der Waals surface area contributed by atoms with Crippen molar-refractivity contribution in [1.82, 2.24) is 14.9 Å². The highest BCUT2D eigenvalue weighted by Crippen LogP contribution is 2.39. The Morgan fingerprint density at radius 1 is 1.52 bits per heavy atom. The largest absolute Gasteiger partial charge is 0.480 e. The van der Waals surface area contributed by atoms with Crippen LogP contribution in [0.4, 0.5) is 0 Å². The number of aromatic nitrogens is 2. The molecule has 1 aromatic rings. The SMILES string of the molecule is CCCC(CC(=O)NC(C)(C(=O)O)C1CC1)n1ccnc1. The molecule has 1 heterocycles. The number of hydrogen-bond donors (Lipinski definition) is 2. The van der Waals surface area contributed by atoms with Gasteiger partial charge in [-0.3, -0.25) is 4.79 Å². The zero-order chi connectivity index (χ0) is 15.5. The van der Waals surface area contributed by atoms with E-state index in [1.54, 1.807) is 19.4 Å². The van der Waals surface area contributed by atoms with Crippen LogP contribution >= 0.6 is 0 Å². The second-order valence-electron chi connectivity index (χ2n) is 5.99. The first-order chi connectivity index (χ1) is 9.97. The van der Waals surface area contributed by atoms with Crippen molar-refractivity contribution in [2.24, 2.45) is 5.92 Å². The highest BCUT2D eigenvalue weighted by molar-refractivity contribution is 5.87. The number of hydrogen-bond acceptors (Lipinski definition) is 3. The summed E-state index contributed by atoms with van der Waals surface area (Å²) < 4.78 is 1.91. The molecule has 1 aromatic heterocycles. The summed E-state index contributed by atoms with van der Waals surface area (Å²) in [6.45, 7) is 3.67. The summed E-state index contributed by atoms with van der Waals surface area (Å²) in [6, 6.07) is 0.0229. The molecule has 2 rings (SSSR count). The van der Waals surface area contributed by atoms with Crippen LogP contribution in [0.25, 0.3) is 0 Å². The molecule has 0 saturated heterocycles. The van der Waals surface area contributed by atoms with Crippen molar-refractivity contribution < 1.29 is 14.7 Å². The van der Waals surface area contributed by atoms with Crippen LogP contribution < -0.4 is 5.32 Å². The number of amides is 1. The van der Waals surface area contributed by atoms with E-state index in [1.165, 1.54) is 0 Å². The monoisotopic (exact) mass is 293 g/mol. The zero-order valence-corrected chi connectivity index (χ0v) is 12.6. The van der Waals surface area contributed by atoms with Gasteiger partial charge in [-0.2, -0.15) is 0 Å². The second kappa shape index (κ2) is 6.28. The Morgan fingerprint density at radius 3 is 2.71 bits per heavy atom. The van der Waals surface area contributed by atoms with Gasteiger partial charge in [-0.05, 0) is 32.1 Å². The highest BCUT2D eigenvalue weighted by Gasteiger charge is 2.48. The predicted octanol–water partition coefficient (Wildman–Crippen LogP) is 1.98. The molecular formula is C15H23N3O3. The van der Waals surface area contributed by atoms with E-state index in [2.05, 4.69) is 17.2 Å². The third-order valence-corrected chi connectivity index (χ3v) is 4.23. The Labute approximate surface area is 124 Å². The van der Waals surface area contributed by atoms with Crippen LogP contribution in [0.1, 0.15) is 52.0 Å². The van der Waals surface area contributed by atoms with Crippen LogP contribution in [0, 0.1) is 5.92 Å². The topological polar surface area (TPSA) is 84.2 Å². The quantitative estimate of drug-likeness (QED) is 0.767. The first kappa shape index (κ1) is 15.5. The molecule has 0 radical (unpaired) electrons. The van der Waals surface area contributed by atoms with E-state index in [0.717, 1.165) is 25.7 Å². The molecule has 2 atom stereocenters. The fraction of sp³-hybridized carbons (Fsp3) is 0.667. The van der Waals surface area contributed by atoms with Crippen LogP contribution in [0.3, 0.4) is 0 Å². The van der Waals surface area contributed by atoms with E-state index >= 15 is 0 Å². The van der Waals surface area contributed by atoms with Crippen molar-refractivity contribution in [3.05, 3.63) is 18.7 Å². The van der Waals surface area contributed by atoms with Gasteiger partial charge in [0.2, 0.25) is 5.91 Å². The van der Waals surface area contributed by atoms with Crippen LogP contribution in [0.2, 0.25) is 0 Å². The Bertz CT molecular complexity index is 496. The Balaban J connectivity index is 2.00. The average molecular weight is 293 g/mol. The van der Waals surface area contributed by atoms with Crippen LogP contribution in [-0.2, 0) is 9.59 Å². The molecule has 6 nitrogen and oxygen atoms in total. The van der Waals surface area contributed by atoms with Crippen LogP contribution in [0.5, 0.6) is 0 Å². The molecule has 1 aliphatic carbocycles. The minimum atomic E-state index is -1.14. The summed E-state index contributed by atoms with van der Waals surface area (Å²) in [5, 5.41) is 12.1. The normalized spacial score (nSPS) is 18.8. The first-order valence-electron chi connectivity index (χ1n) is 7.49. The number of imidazole rings is 1. The van der Waals surface area contributed by atoms with Gasteiger partial charge in [0.1, 0.15) is 5.54 Å². The van der Waals surface area contributed by atoms with E-state index in [1.807, 2.05) is 10.8 Å². The summed E-state index contributed by atoms with van der Waals surface area (Å²) in [7, 11) is 0. The fourth-order valence-electron chi connectivity index (χ4n) is 2.72. The van der Waals surface area contributed by atoms with Crippen molar-refractivity contribution in [3.63, 3.8) is 0 Å². The molecule has 6 heteroatoms. The molecule has 0 aromatic carbocycles. The number of carboxylic acids is 1. The Kier molecular flexibility index (Phi) is 4.65. The van der Waals surface area contributed by atoms with E-state index < -0.39 is 11.5 Å². The number of carbonyl (C=O) groups is 2. The van der Waals surface area contributed by atoms with Gasteiger partial charge in [-0.25, -0.2) is 9.78 Å². The molecule has 0 aliphatic heterocycles. The van der Waals surface area contributed by atoms with Crippen LogP contribution in [-0.4, -0.2) is 32.1 Å². The lowest BCUT2D eigenvalue weighted by molar-refractivity contribution is -0.148. The van der Waals surface area contributed by atoms with Crippen molar-refractivity contribution in [3.8, 4) is 0 Å². The third kappa shape index (κ3) is 3.62. The smallest absolute Gasteiger partial charge is 0.329 e. The van der Waals surface area contributed by atoms with Gasteiger partial charge in [-0.1, -0.05) is 13.3 Å². The Morgan fingerprint density at radius 2 is 2.24 bits per heavy atom. The number of nitrogens with zero attached hydrogens (tertiary/aromatic N) is 2. The van der Waals surface area contributed by atoms with Crippen LogP contribution in [0.15, 0.2) is 18.7 Å². The molecule has 2 N–H and O–H groups in total. The molecule has 1 saturated carbocycles. The molecule has 1 aliphatic rings. The van der Waals surface area contributed by atoms with E-state index in [9.17, 15) is 14.7 Å². The lowest BCUT2D eigenvalue weighted by Crippen LogP contribution is -2.54. The molecule has 116 valence electrons. The van der Waals surface area contributed by atoms with Gasteiger partial charge in [0.15, 0.2) is 0 Å². The number of carboxylic acid groups (broad SMARTS) is 1. The molecule has 1 amide bonds. The number of aliphatic carboxylic acids is 1. The summed E-state index contributed by atoms with van der Waals surface area (Å²) in [5.41, 5.74) is -1.14. The maximum Gasteiger partial charge on any atom is 0.329 e. The summed E-state index contributed by atoms with van der Waals surface area (Å²) in [4.78, 5) is 27.7. The molecule has 1 fully saturated rings. The Hall–Kier alpha value is -1.85. The summed E-state index contributed by atoms with van der Waals surface area (Å²) in [5.74, 6) is -1.11. The van der Waals surface area contributed by atoms with Gasteiger partial charge in [-0.15, -0.1) is 0 Å². The van der Waals surface area contributed by atoms with Gasteiger partial charge in [0.25, 0.3) is 0 Å². The summed E-state index contributed by atoms with van der Waals surface area (Å²) in [6.07, 6.45) is 9.04. The van der Waals surface area contributed by atoms with Crippen molar-refractivity contribution in [1.29, 1.82) is 0 Å². The lowest BCUT2D eigenvalue weighted by Gasteiger charge is -2.27. The minimum Gasteiger partial charge on any atom is -0.480 e. The minimum absolute atomic E-state index is 0.0229. The number of carbonyl (C=O) groups excluding carboxylic acids is 1. The van der Waals surface area contributed by atoms with Crippen molar-refractivity contribution in [2.75, 3.05) is 0 Å². The van der Waals surface area contributed by atoms with Gasteiger partial charge in [0, 0.05) is 24.9 Å².